The zero-order valence-electron chi connectivity index (χ0n) is 12.7. The lowest BCUT2D eigenvalue weighted by atomic mass is 10.1. The van der Waals surface area contributed by atoms with Gasteiger partial charge in [-0.25, -0.2) is 0 Å². The molecule has 3 nitrogen and oxygen atoms in total. The number of aryl methyl sites for hydroxylation is 1. The lowest BCUT2D eigenvalue weighted by Crippen LogP contribution is -2.00. The summed E-state index contributed by atoms with van der Waals surface area (Å²) in [6.07, 6.45) is 0.464. The monoisotopic (exact) mass is 284 g/mol. The number of carbonyl (C=O) groups excluding carboxylic acids is 1. The van der Waals surface area contributed by atoms with Gasteiger partial charge in [0.05, 0.1) is 7.11 Å². The van der Waals surface area contributed by atoms with Crippen molar-refractivity contribution in [3.63, 3.8) is 0 Å². The number of ether oxygens (including phenoxy) is 2. The molecule has 0 bridgehead atoms. The van der Waals surface area contributed by atoms with Gasteiger partial charge in [0.15, 0.2) is 0 Å². The number of hydrogen-bond acceptors (Lipinski definition) is 3. The third kappa shape index (κ3) is 4.35. The molecule has 21 heavy (non-hydrogen) atoms. The quantitative estimate of drug-likeness (QED) is 0.811. The maximum absolute atomic E-state index is 11.1. The molecule has 0 heterocycles. The average molecular weight is 284 g/mol. The van der Waals surface area contributed by atoms with E-state index >= 15 is 0 Å². The molecular formula is C18H20O3. The van der Waals surface area contributed by atoms with Crippen LogP contribution in [0.5, 0.6) is 11.5 Å². The number of rotatable bonds is 6. The van der Waals surface area contributed by atoms with E-state index in [1.807, 2.05) is 43.3 Å². The zero-order chi connectivity index (χ0) is 15.2. The van der Waals surface area contributed by atoms with Crippen LogP contribution in [0.2, 0.25) is 0 Å². The first kappa shape index (κ1) is 15.1. The number of hydrogen-bond donors (Lipinski definition) is 0. The normalized spacial score (nSPS) is 10.2. The molecule has 0 saturated carbocycles. The van der Waals surface area contributed by atoms with Crippen LogP contribution in [0.25, 0.3) is 0 Å². The standard InChI is InChI=1S/C18H20O3/c1-13-4-9-18(20-3)16(10-13)12-21-17-7-5-15(6-8-17)11-14(2)19/h4-10H,11-12H2,1-3H3. The molecule has 0 aliphatic carbocycles. The highest BCUT2D eigenvalue weighted by Crippen LogP contribution is 2.22. The molecule has 0 amide bonds. The van der Waals surface area contributed by atoms with Crippen LogP contribution >= 0.6 is 0 Å². The van der Waals surface area contributed by atoms with Crippen LogP contribution in [0.4, 0.5) is 0 Å². The second-order valence-electron chi connectivity index (χ2n) is 5.13. The Morgan fingerprint density at radius 2 is 1.81 bits per heavy atom. The molecule has 3 heteroatoms. The summed E-state index contributed by atoms with van der Waals surface area (Å²) in [6, 6.07) is 13.6. The summed E-state index contributed by atoms with van der Waals surface area (Å²) in [5, 5.41) is 0. The van der Waals surface area contributed by atoms with Crippen LogP contribution in [-0.2, 0) is 17.8 Å². The first-order valence-electron chi connectivity index (χ1n) is 6.93. The van der Waals surface area contributed by atoms with Gasteiger partial charge < -0.3 is 9.47 Å². The Morgan fingerprint density at radius 1 is 1.10 bits per heavy atom. The number of benzene rings is 2. The smallest absolute Gasteiger partial charge is 0.134 e. The van der Waals surface area contributed by atoms with Gasteiger partial charge in [-0.05, 0) is 43.7 Å². The van der Waals surface area contributed by atoms with E-state index in [0.717, 1.165) is 22.6 Å². The van der Waals surface area contributed by atoms with Crippen LogP contribution < -0.4 is 9.47 Å². The average Bonchev–Trinajstić information content (AvgIpc) is 2.46. The minimum atomic E-state index is 0.160. The summed E-state index contributed by atoms with van der Waals surface area (Å²) in [5.74, 6) is 1.77. The number of Topliss-reactive ketones (excluding diaryl/α,β-unsaturated/α-hetero) is 1. The van der Waals surface area contributed by atoms with E-state index in [9.17, 15) is 4.79 Å². The van der Waals surface area contributed by atoms with Crippen LogP contribution in [-0.4, -0.2) is 12.9 Å². The molecule has 0 atom stereocenters. The predicted molar refractivity (Wildman–Crippen MR) is 82.9 cm³/mol. The van der Waals surface area contributed by atoms with Gasteiger partial charge in [0, 0.05) is 12.0 Å². The number of ketones is 1. The lowest BCUT2D eigenvalue weighted by Gasteiger charge is -2.11. The van der Waals surface area contributed by atoms with Crippen molar-refractivity contribution in [2.24, 2.45) is 0 Å². The molecule has 0 saturated heterocycles. The van der Waals surface area contributed by atoms with Crippen molar-refractivity contribution >= 4 is 5.78 Å². The fourth-order valence-corrected chi connectivity index (χ4v) is 2.17. The SMILES string of the molecule is COc1ccc(C)cc1COc1ccc(CC(C)=O)cc1. The lowest BCUT2D eigenvalue weighted by molar-refractivity contribution is -0.116. The molecule has 0 aliphatic rings. The maximum atomic E-state index is 11.1. The second-order valence-corrected chi connectivity index (χ2v) is 5.13. The van der Waals surface area contributed by atoms with E-state index in [1.165, 1.54) is 5.56 Å². The molecule has 0 fully saturated rings. The van der Waals surface area contributed by atoms with E-state index in [1.54, 1.807) is 14.0 Å². The topological polar surface area (TPSA) is 35.5 Å². The summed E-state index contributed by atoms with van der Waals surface area (Å²) in [5.41, 5.74) is 3.19. The Morgan fingerprint density at radius 3 is 2.43 bits per heavy atom. The Labute approximate surface area is 125 Å². The van der Waals surface area contributed by atoms with E-state index in [2.05, 4.69) is 6.07 Å². The highest BCUT2D eigenvalue weighted by atomic mass is 16.5. The first-order valence-corrected chi connectivity index (χ1v) is 6.93. The largest absolute Gasteiger partial charge is 0.496 e. The van der Waals surface area contributed by atoms with Crippen LogP contribution in [0.1, 0.15) is 23.6 Å². The summed E-state index contributed by atoms with van der Waals surface area (Å²) >= 11 is 0. The second kappa shape index (κ2) is 6.93. The third-order valence-electron chi connectivity index (χ3n) is 3.21. The van der Waals surface area contributed by atoms with Crippen molar-refractivity contribution in [2.75, 3.05) is 7.11 Å². The third-order valence-corrected chi connectivity index (χ3v) is 3.21. The molecule has 0 radical (unpaired) electrons. The predicted octanol–water partition coefficient (Wildman–Crippen LogP) is 3.71. The summed E-state index contributed by atoms with van der Waals surface area (Å²) < 4.78 is 11.1. The zero-order valence-corrected chi connectivity index (χ0v) is 12.7. The number of carbonyl (C=O) groups is 1. The highest BCUT2D eigenvalue weighted by Gasteiger charge is 2.05. The number of methoxy groups -OCH3 is 1. The summed E-state index contributed by atoms with van der Waals surface area (Å²) in [4.78, 5) is 11.1. The summed E-state index contributed by atoms with van der Waals surface area (Å²) in [7, 11) is 1.66. The van der Waals surface area contributed by atoms with E-state index in [4.69, 9.17) is 9.47 Å². The maximum Gasteiger partial charge on any atom is 0.134 e. The fourth-order valence-electron chi connectivity index (χ4n) is 2.17. The molecule has 0 unspecified atom stereocenters. The molecule has 0 N–H and O–H groups in total. The Bertz CT molecular complexity index is 615. The van der Waals surface area contributed by atoms with Crippen LogP contribution in [0.3, 0.4) is 0 Å². The van der Waals surface area contributed by atoms with E-state index < -0.39 is 0 Å². The van der Waals surface area contributed by atoms with Gasteiger partial charge in [-0.3, -0.25) is 4.79 Å². The molecule has 2 aromatic carbocycles. The molecular weight excluding hydrogens is 264 g/mol. The van der Waals surface area contributed by atoms with Gasteiger partial charge in [-0.1, -0.05) is 23.8 Å². The molecule has 0 aromatic heterocycles. The molecule has 2 aromatic rings. The fraction of sp³-hybridized carbons (Fsp3) is 0.278. The molecule has 0 aliphatic heterocycles. The van der Waals surface area contributed by atoms with E-state index in [0.29, 0.717) is 13.0 Å². The van der Waals surface area contributed by atoms with Gasteiger partial charge in [0.2, 0.25) is 0 Å². The van der Waals surface area contributed by atoms with Gasteiger partial charge in [-0.2, -0.15) is 0 Å². The molecule has 0 spiro atoms. The molecule has 110 valence electrons. The first-order chi connectivity index (χ1) is 10.1. The van der Waals surface area contributed by atoms with Gasteiger partial charge in [0.25, 0.3) is 0 Å². The van der Waals surface area contributed by atoms with Crippen LogP contribution in [0, 0.1) is 6.92 Å². The minimum absolute atomic E-state index is 0.160. The Hall–Kier alpha value is -2.29. The van der Waals surface area contributed by atoms with E-state index in [-0.39, 0.29) is 5.78 Å². The van der Waals surface area contributed by atoms with Gasteiger partial charge >= 0.3 is 0 Å². The minimum Gasteiger partial charge on any atom is -0.496 e. The molecule has 2 rings (SSSR count). The van der Waals surface area contributed by atoms with Crippen molar-refractivity contribution in [3.8, 4) is 11.5 Å². The Kier molecular flexibility index (Phi) is 4.99. The van der Waals surface area contributed by atoms with Crippen LogP contribution in [0.15, 0.2) is 42.5 Å². The van der Waals surface area contributed by atoms with Crippen molar-refractivity contribution in [3.05, 3.63) is 59.2 Å². The van der Waals surface area contributed by atoms with Crippen molar-refractivity contribution < 1.29 is 14.3 Å². The van der Waals surface area contributed by atoms with Gasteiger partial charge in [0.1, 0.15) is 23.9 Å². The van der Waals surface area contributed by atoms with Crippen molar-refractivity contribution in [1.29, 1.82) is 0 Å². The van der Waals surface area contributed by atoms with Crippen molar-refractivity contribution in [1.82, 2.24) is 0 Å². The van der Waals surface area contributed by atoms with Gasteiger partial charge in [-0.15, -0.1) is 0 Å². The highest BCUT2D eigenvalue weighted by molar-refractivity contribution is 5.78. The van der Waals surface area contributed by atoms with Crippen molar-refractivity contribution in [2.45, 2.75) is 26.9 Å². The Balaban J connectivity index is 2.03. The summed E-state index contributed by atoms with van der Waals surface area (Å²) in [6.45, 7) is 4.09.